The number of aliphatic hydroxyl groups excluding tert-OH is 1. The number of hydrogen-bond donors (Lipinski definition) is 3. The van der Waals surface area contributed by atoms with Gasteiger partial charge in [-0.1, -0.05) is 388 Å². The van der Waals surface area contributed by atoms with E-state index in [2.05, 4.69) is 34.6 Å². The van der Waals surface area contributed by atoms with Crippen LogP contribution in [0.15, 0.2) is 0 Å². The Hall–Kier alpha value is -1.94. The van der Waals surface area contributed by atoms with Crippen molar-refractivity contribution in [1.29, 1.82) is 0 Å². The second-order valence-electron chi connectivity index (χ2n) is 30.0. The van der Waals surface area contributed by atoms with Crippen molar-refractivity contribution in [2.24, 2.45) is 5.92 Å². The van der Waals surface area contributed by atoms with Crippen LogP contribution in [0.1, 0.15) is 439 Å². The molecular weight excluding hydrogens is 1320 g/mol. The third-order valence-electron chi connectivity index (χ3n) is 19.3. The van der Waals surface area contributed by atoms with E-state index in [1.54, 1.807) is 0 Å². The van der Waals surface area contributed by atoms with Gasteiger partial charge >= 0.3 is 39.5 Å². The average molecular weight is 1480 g/mol. The maximum atomic E-state index is 13.1. The van der Waals surface area contributed by atoms with Crippen molar-refractivity contribution in [3.63, 3.8) is 0 Å². The molecule has 19 heteroatoms. The van der Waals surface area contributed by atoms with E-state index in [0.29, 0.717) is 25.7 Å². The molecule has 0 bridgehead atoms. The molecule has 0 spiro atoms. The first kappa shape index (κ1) is 99.1. The second kappa shape index (κ2) is 74.9. The number of carbonyl (C=O) groups excluding carboxylic acids is 4. The van der Waals surface area contributed by atoms with Gasteiger partial charge in [-0.25, -0.2) is 9.13 Å². The Bertz CT molecular complexity index is 1930. The first-order valence-corrected chi connectivity index (χ1v) is 45.6. The topological polar surface area (TPSA) is 237 Å². The zero-order chi connectivity index (χ0) is 74.1. The molecule has 5 atom stereocenters. The van der Waals surface area contributed by atoms with Gasteiger partial charge in [0, 0.05) is 25.7 Å². The van der Waals surface area contributed by atoms with Crippen molar-refractivity contribution in [2.45, 2.75) is 457 Å². The highest BCUT2D eigenvalue weighted by molar-refractivity contribution is 7.47. The molecule has 0 aliphatic heterocycles. The van der Waals surface area contributed by atoms with Crippen LogP contribution in [0.5, 0.6) is 0 Å². The van der Waals surface area contributed by atoms with Gasteiger partial charge in [-0.3, -0.25) is 37.3 Å². The zero-order valence-electron chi connectivity index (χ0n) is 66.1. The van der Waals surface area contributed by atoms with E-state index >= 15 is 0 Å². The Morgan fingerprint density at radius 2 is 0.455 bits per heavy atom. The minimum absolute atomic E-state index is 0.107. The fraction of sp³-hybridized carbons (Fsp3) is 0.951. The van der Waals surface area contributed by atoms with Crippen LogP contribution in [-0.2, 0) is 65.4 Å². The summed E-state index contributed by atoms with van der Waals surface area (Å²) in [6, 6.07) is 0. The van der Waals surface area contributed by atoms with E-state index in [1.807, 2.05) is 0 Å². The van der Waals surface area contributed by atoms with Gasteiger partial charge in [-0.05, 0) is 31.6 Å². The lowest BCUT2D eigenvalue weighted by molar-refractivity contribution is -0.161. The number of phosphoric ester groups is 2. The number of rotatable bonds is 82. The molecule has 101 heavy (non-hydrogen) atoms. The molecular formula is C82H160O17P2. The number of phosphoric acid groups is 2. The molecule has 0 rings (SSSR count). The predicted octanol–water partition coefficient (Wildman–Crippen LogP) is 24.8. The number of esters is 4. The summed E-state index contributed by atoms with van der Waals surface area (Å²) < 4.78 is 68.5. The van der Waals surface area contributed by atoms with Gasteiger partial charge in [0.15, 0.2) is 12.2 Å². The van der Waals surface area contributed by atoms with Crippen LogP contribution in [-0.4, -0.2) is 96.7 Å². The fourth-order valence-electron chi connectivity index (χ4n) is 12.8. The summed E-state index contributed by atoms with van der Waals surface area (Å²) >= 11 is 0. The molecule has 600 valence electrons. The van der Waals surface area contributed by atoms with Crippen LogP contribution in [0.25, 0.3) is 0 Å². The third-order valence-corrected chi connectivity index (χ3v) is 21.2. The Balaban J connectivity index is 5.13. The van der Waals surface area contributed by atoms with Crippen molar-refractivity contribution in [2.75, 3.05) is 39.6 Å². The van der Waals surface area contributed by atoms with Crippen LogP contribution < -0.4 is 0 Å². The fourth-order valence-corrected chi connectivity index (χ4v) is 14.3. The molecule has 0 aliphatic carbocycles. The highest BCUT2D eigenvalue weighted by atomic mass is 31.2. The maximum absolute atomic E-state index is 13.1. The lowest BCUT2D eigenvalue weighted by Gasteiger charge is -2.21. The largest absolute Gasteiger partial charge is 0.472 e. The number of ether oxygens (including phenoxy) is 4. The summed E-state index contributed by atoms with van der Waals surface area (Å²) in [5, 5.41) is 10.6. The molecule has 0 heterocycles. The minimum Gasteiger partial charge on any atom is -0.462 e. The molecule has 0 radical (unpaired) electrons. The van der Waals surface area contributed by atoms with Gasteiger partial charge in [0.1, 0.15) is 19.3 Å². The van der Waals surface area contributed by atoms with E-state index in [1.165, 1.54) is 250 Å². The summed E-state index contributed by atoms with van der Waals surface area (Å²) in [6.45, 7) is 7.31. The zero-order valence-corrected chi connectivity index (χ0v) is 67.8. The smallest absolute Gasteiger partial charge is 0.462 e. The van der Waals surface area contributed by atoms with E-state index in [0.717, 1.165) is 109 Å². The van der Waals surface area contributed by atoms with Crippen molar-refractivity contribution >= 4 is 39.5 Å². The van der Waals surface area contributed by atoms with E-state index < -0.39 is 97.5 Å². The van der Waals surface area contributed by atoms with Crippen LogP contribution in [0.3, 0.4) is 0 Å². The van der Waals surface area contributed by atoms with E-state index in [9.17, 15) is 43.2 Å². The van der Waals surface area contributed by atoms with Gasteiger partial charge in [-0.2, -0.15) is 0 Å². The molecule has 0 saturated heterocycles. The van der Waals surface area contributed by atoms with Crippen LogP contribution in [0, 0.1) is 5.92 Å². The molecule has 0 amide bonds. The van der Waals surface area contributed by atoms with Gasteiger partial charge in [0.25, 0.3) is 0 Å². The van der Waals surface area contributed by atoms with Crippen molar-refractivity contribution in [3.05, 3.63) is 0 Å². The maximum Gasteiger partial charge on any atom is 0.472 e. The van der Waals surface area contributed by atoms with Gasteiger partial charge in [-0.15, -0.1) is 0 Å². The Labute approximate surface area is 619 Å². The number of unbranched alkanes of at least 4 members (excludes halogenated alkanes) is 54. The van der Waals surface area contributed by atoms with Crippen LogP contribution in [0.4, 0.5) is 0 Å². The lowest BCUT2D eigenvalue weighted by Crippen LogP contribution is -2.30. The molecule has 17 nitrogen and oxygen atoms in total. The summed E-state index contributed by atoms with van der Waals surface area (Å²) in [4.78, 5) is 72.8. The van der Waals surface area contributed by atoms with E-state index in [4.69, 9.17) is 37.0 Å². The third kappa shape index (κ3) is 76.1. The van der Waals surface area contributed by atoms with Gasteiger partial charge in [0.2, 0.25) is 0 Å². The molecule has 0 aromatic carbocycles. The standard InChI is InChI=1S/C82H160O17P2/c1-6-9-12-15-18-20-22-23-24-25-26-27-28-29-34-37-40-44-48-53-58-63-68-82(87)99-78(72-93-80(85)66-61-56-51-46-43-39-36-33-31-30-32-35-38-42-45-50-54-59-64-75(4)5)74-97-101(90,91)95-70-76(83)69-94-100(88,89)96-73-77(71-92-79(84)65-60-55-49-17-14-11-8-3)98-81(86)67-62-57-52-47-41-21-19-16-13-10-7-2/h75-78,83H,6-74H2,1-5H3,(H,88,89)(H,90,91)/t76-,77+,78+/m0/s1. The summed E-state index contributed by atoms with van der Waals surface area (Å²) in [7, 11) is -9.91. The Morgan fingerprint density at radius 1 is 0.267 bits per heavy atom. The summed E-state index contributed by atoms with van der Waals surface area (Å²) in [5.74, 6) is -1.29. The van der Waals surface area contributed by atoms with Crippen molar-refractivity contribution in [1.82, 2.24) is 0 Å². The van der Waals surface area contributed by atoms with Gasteiger partial charge < -0.3 is 33.8 Å². The summed E-state index contributed by atoms with van der Waals surface area (Å²) in [5.41, 5.74) is 0. The molecule has 0 aromatic heterocycles. The minimum atomic E-state index is -4.96. The Morgan fingerprint density at radius 3 is 0.673 bits per heavy atom. The van der Waals surface area contributed by atoms with Crippen LogP contribution >= 0.6 is 15.6 Å². The van der Waals surface area contributed by atoms with Gasteiger partial charge in [0.05, 0.1) is 26.4 Å². The van der Waals surface area contributed by atoms with Crippen molar-refractivity contribution < 1.29 is 80.2 Å². The predicted molar refractivity (Wildman–Crippen MR) is 414 cm³/mol. The quantitative estimate of drug-likeness (QED) is 0.0222. The molecule has 0 saturated carbocycles. The highest BCUT2D eigenvalue weighted by Crippen LogP contribution is 2.45. The second-order valence-corrected chi connectivity index (χ2v) is 32.9. The highest BCUT2D eigenvalue weighted by Gasteiger charge is 2.30. The monoisotopic (exact) mass is 1480 g/mol. The van der Waals surface area contributed by atoms with Crippen molar-refractivity contribution in [3.8, 4) is 0 Å². The molecule has 0 fully saturated rings. The lowest BCUT2D eigenvalue weighted by atomic mass is 10.0. The molecule has 0 aliphatic rings. The molecule has 0 aromatic rings. The molecule has 2 unspecified atom stereocenters. The molecule has 3 N–H and O–H groups in total. The summed E-state index contributed by atoms with van der Waals surface area (Å²) in [6.07, 6.45) is 67.0. The number of carbonyl (C=O) groups is 4. The van der Waals surface area contributed by atoms with Crippen LogP contribution in [0.2, 0.25) is 0 Å². The van der Waals surface area contributed by atoms with E-state index in [-0.39, 0.29) is 25.7 Å². The first-order valence-electron chi connectivity index (χ1n) is 42.6. The number of hydrogen-bond acceptors (Lipinski definition) is 15. The Kier molecular flexibility index (Phi) is 73.5. The SMILES string of the molecule is CCCCCCCCCCCCCCCCCCCCCCCCC(=O)O[C@H](COC(=O)CCCCCCCCCCCCCCCCCCCCC(C)C)COP(=O)(O)OC[C@@H](O)COP(=O)(O)OC[C@@H](COC(=O)CCCCCCCCC)OC(=O)CCCCCCCCCCCCC. The number of aliphatic hydroxyl groups is 1. The first-order chi connectivity index (χ1) is 49.0. The average Bonchev–Trinajstić information content (AvgIpc) is 1.55. The normalized spacial score (nSPS) is 13.8.